The van der Waals surface area contributed by atoms with Crippen LogP contribution in [0.15, 0.2) is 24.3 Å². The molecule has 1 amide bonds. The molecule has 5 nitrogen and oxygen atoms in total. The molecule has 2 N–H and O–H groups in total. The number of carboxylic acids is 1. The van der Waals surface area contributed by atoms with E-state index in [1.165, 1.54) is 0 Å². The first kappa shape index (κ1) is 18.9. The topological polar surface area (TPSA) is 75.6 Å². The number of carbonyl (C=O) groups is 2. The number of alkyl halides is 2. The predicted octanol–water partition coefficient (Wildman–Crippen LogP) is 2.49. The minimum atomic E-state index is -2.80. The van der Waals surface area contributed by atoms with E-state index >= 15 is 0 Å². The van der Waals surface area contributed by atoms with Gasteiger partial charge in [0.25, 0.3) is 0 Å². The van der Waals surface area contributed by atoms with Gasteiger partial charge in [-0.05, 0) is 23.6 Å². The molecule has 0 aliphatic heterocycles. The zero-order valence-corrected chi connectivity index (χ0v) is 13.1. The fraction of sp³-hybridized carbons (Fsp3) is 0.500. The predicted molar refractivity (Wildman–Crippen MR) is 80.7 cm³/mol. The highest BCUT2D eigenvalue weighted by atomic mass is 19.3. The summed E-state index contributed by atoms with van der Waals surface area (Å²) in [4.78, 5) is 22.6. The van der Waals surface area contributed by atoms with Gasteiger partial charge in [0, 0.05) is 6.42 Å². The fourth-order valence-electron chi connectivity index (χ4n) is 1.80. The molecule has 128 valence electrons. The summed E-state index contributed by atoms with van der Waals surface area (Å²) in [6, 6.07) is 5.18. The van der Waals surface area contributed by atoms with Gasteiger partial charge in [0.15, 0.2) is 0 Å². The molecule has 0 aliphatic rings. The molecule has 1 unspecified atom stereocenters. The van der Waals surface area contributed by atoms with Crippen molar-refractivity contribution >= 4 is 11.9 Å². The largest absolute Gasteiger partial charge is 0.493 e. The van der Waals surface area contributed by atoms with E-state index in [1.807, 2.05) is 13.8 Å². The van der Waals surface area contributed by atoms with E-state index < -0.39 is 30.8 Å². The lowest BCUT2D eigenvalue weighted by atomic mass is 10.1. The Morgan fingerprint density at radius 1 is 1.22 bits per heavy atom. The van der Waals surface area contributed by atoms with Gasteiger partial charge in [0.05, 0.1) is 13.0 Å². The fourth-order valence-corrected chi connectivity index (χ4v) is 1.80. The number of carbonyl (C=O) groups excluding carboxylic acids is 1. The number of benzene rings is 1. The van der Waals surface area contributed by atoms with Crippen molar-refractivity contribution in [3.8, 4) is 5.75 Å². The van der Waals surface area contributed by atoms with E-state index in [4.69, 9.17) is 9.84 Å². The smallest absolute Gasteiger partial charge is 0.326 e. The third-order valence-corrected chi connectivity index (χ3v) is 2.92. The molecule has 1 aromatic carbocycles. The Morgan fingerprint density at radius 3 is 2.30 bits per heavy atom. The number of hydrogen-bond acceptors (Lipinski definition) is 3. The zero-order valence-electron chi connectivity index (χ0n) is 13.1. The lowest BCUT2D eigenvalue weighted by Crippen LogP contribution is -2.42. The second-order valence-electron chi connectivity index (χ2n) is 5.61. The van der Waals surface area contributed by atoms with Crippen molar-refractivity contribution in [1.29, 1.82) is 0 Å². The monoisotopic (exact) mass is 329 g/mol. The summed E-state index contributed by atoms with van der Waals surface area (Å²) >= 11 is 0. The Morgan fingerprint density at radius 2 is 1.83 bits per heavy atom. The summed E-state index contributed by atoms with van der Waals surface area (Å²) in [5.74, 6) is -1.03. The van der Waals surface area contributed by atoms with E-state index in [1.54, 1.807) is 24.3 Å². The van der Waals surface area contributed by atoms with Crippen LogP contribution < -0.4 is 10.1 Å². The summed E-state index contributed by atoms with van der Waals surface area (Å²) in [7, 11) is 0. The first-order valence-electron chi connectivity index (χ1n) is 7.30. The maximum atomic E-state index is 12.3. The highest BCUT2D eigenvalue weighted by molar-refractivity contribution is 5.84. The van der Waals surface area contributed by atoms with Crippen molar-refractivity contribution in [3.63, 3.8) is 0 Å². The van der Waals surface area contributed by atoms with E-state index in [-0.39, 0.29) is 6.42 Å². The molecule has 1 aromatic rings. The van der Waals surface area contributed by atoms with E-state index in [9.17, 15) is 18.4 Å². The lowest BCUT2D eigenvalue weighted by molar-refractivity contribution is -0.142. The van der Waals surface area contributed by atoms with Crippen LogP contribution in [-0.2, 0) is 16.0 Å². The summed E-state index contributed by atoms with van der Waals surface area (Å²) in [6.45, 7) is 4.63. The van der Waals surface area contributed by atoms with Crippen molar-refractivity contribution in [1.82, 2.24) is 5.32 Å². The highest BCUT2D eigenvalue weighted by Gasteiger charge is 2.24. The number of ether oxygens (including phenoxy) is 1. The van der Waals surface area contributed by atoms with Gasteiger partial charge < -0.3 is 15.2 Å². The van der Waals surface area contributed by atoms with Crippen molar-refractivity contribution in [2.75, 3.05) is 6.61 Å². The van der Waals surface area contributed by atoms with Crippen LogP contribution in [0.4, 0.5) is 8.78 Å². The third kappa shape index (κ3) is 7.58. The number of carboxylic acid groups (broad SMARTS) is 1. The molecule has 0 aliphatic carbocycles. The molecule has 0 aromatic heterocycles. The number of amides is 1. The quantitative estimate of drug-likeness (QED) is 0.730. The summed E-state index contributed by atoms with van der Waals surface area (Å²) in [5, 5.41) is 10.9. The molecule has 23 heavy (non-hydrogen) atoms. The third-order valence-electron chi connectivity index (χ3n) is 2.92. The maximum absolute atomic E-state index is 12.3. The van der Waals surface area contributed by atoms with Crippen LogP contribution >= 0.6 is 0 Å². The average Bonchev–Trinajstić information content (AvgIpc) is 2.45. The molecule has 0 saturated carbocycles. The summed E-state index contributed by atoms with van der Waals surface area (Å²) in [6.07, 6.45) is -3.80. The van der Waals surface area contributed by atoms with Crippen LogP contribution in [0.25, 0.3) is 0 Å². The molecule has 7 heteroatoms. The molecular weight excluding hydrogens is 308 g/mol. The molecule has 0 spiro atoms. The molecule has 1 atom stereocenters. The highest BCUT2D eigenvalue weighted by Crippen LogP contribution is 2.14. The van der Waals surface area contributed by atoms with Crippen molar-refractivity contribution in [2.45, 2.75) is 39.2 Å². The Labute approximate surface area is 133 Å². The molecule has 0 saturated heterocycles. The van der Waals surface area contributed by atoms with Gasteiger partial charge >= 0.3 is 5.97 Å². The lowest BCUT2D eigenvalue weighted by Gasteiger charge is -2.14. The van der Waals surface area contributed by atoms with E-state index in [0.717, 1.165) is 0 Å². The SMILES string of the molecule is CC(C)COc1ccc(CC(=O)NC(CC(F)F)C(=O)O)cc1. The maximum Gasteiger partial charge on any atom is 0.326 e. The second kappa shape index (κ2) is 9.07. The van der Waals surface area contributed by atoms with Gasteiger partial charge in [-0.2, -0.15) is 0 Å². The standard InChI is InChI=1S/C16H21F2NO4/c1-10(2)9-23-12-5-3-11(4-6-12)7-15(20)19-13(16(21)22)8-14(17)18/h3-6,10,13-14H,7-9H2,1-2H3,(H,19,20)(H,21,22). The number of nitrogens with one attached hydrogen (secondary N) is 1. The Hall–Kier alpha value is -2.18. The molecule has 0 bridgehead atoms. The first-order chi connectivity index (χ1) is 10.8. The Bertz CT molecular complexity index is 517. The molecule has 0 fully saturated rings. The van der Waals surface area contributed by atoms with Crippen LogP contribution in [0.1, 0.15) is 25.8 Å². The van der Waals surface area contributed by atoms with Crippen LogP contribution in [0, 0.1) is 5.92 Å². The van der Waals surface area contributed by atoms with Gasteiger partial charge in [-0.25, -0.2) is 13.6 Å². The van der Waals surface area contributed by atoms with Crippen LogP contribution in [0.2, 0.25) is 0 Å². The van der Waals surface area contributed by atoms with Crippen LogP contribution in [0.3, 0.4) is 0 Å². The second-order valence-corrected chi connectivity index (χ2v) is 5.61. The van der Waals surface area contributed by atoms with E-state index in [0.29, 0.717) is 23.8 Å². The van der Waals surface area contributed by atoms with Crippen molar-refractivity contribution in [2.24, 2.45) is 5.92 Å². The molecular formula is C16H21F2NO4. The van der Waals surface area contributed by atoms with Gasteiger partial charge in [0.1, 0.15) is 11.8 Å². The number of rotatable bonds is 9. The first-order valence-corrected chi connectivity index (χ1v) is 7.30. The summed E-state index contributed by atoms with van der Waals surface area (Å²) < 4.78 is 30.0. The van der Waals surface area contributed by atoms with Crippen LogP contribution in [-0.4, -0.2) is 36.1 Å². The zero-order chi connectivity index (χ0) is 17.4. The minimum absolute atomic E-state index is 0.0858. The number of halogens is 2. The molecule has 0 radical (unpaired) electrons. The van der Waals surface area contributed by atoms with Gasteiger partial charge in [0.2, 0.25) is 12.3 Å². The molecule has 0 heterocycles. The average molecular weight is 329 g/mol. The van der Waals surface area contributed by atoms with Crippen molar-refractivity contribution < 1.29 is 28.2 Å². The summed E-state index contributed by atoms with van der Waals surface area (Å²) in [5.41, 5.74) is 0.639. The van der Waals surface area contributed by atoms with Gasteiger partial charge in [-0.1, -0.05) is 26.0 Å². The molecule has 1 rings (SSSR count). The van der Waals surface area contributed by atoms with E-state index in [2.05, 4.69) is 5.32 Å². The number of aliphatic carboxylic acids is 1. The normalized spacial score (nSPS) is 12.3. The van der Waals surface area contributed by atoms with Gasteiger partial charge in [-0.15, -0.1) is 0 Å². The minimum Gasteiger partial charge on any atom is -0.493 e. The van der Waals surface area contributed by atoms with Crippen molar-refractivity contribution in [3.05, 3.63) is 29.8 Å². The van der Waals surface area contributed by atoms with Crippen LogP contribution in [0.5, 0.6) is 5.75 Å². The Kier molecular flexibility index (Phi) is 7.44. The Balaban J connectivity index is 2.54. The van der Waals surface area contributed by atoms with Gasteiger partial charge in [-0.3, -0.25) is 4.79 Å². The number of hydrogen-bond donors (Lipinski definition) is 2.